The number of hydrogen-bond donors (Lipinski definition) is 2. The average Bonchev–Trinajstić information content (AvgIpc) is 3.63. The van der Waals surface area contributed by atoms with E-state index in [1.807, 2.05) is 0 Å². The summed E-state index contributed by atoms with van der Waals surface area (Å²) in [6.07, 6.45) is -0.745. The molecule has 0 unspecified atom stereocenters. The number of ether oxygens (including phenoxy) is 1. The molecule has 0 bridgehead atoms. The first-order chi connectivity index (χ1) is 18.5. The summed E-state index contributed by atoms with van der Waals surface area (Å²) in [6, 6.07) is 9.59. The highest BCUT2D eigenvalue weighted by atomic mass is 35.5. The molecule has 2 amide bonds. The lowest BCUT2D eigenvalue weighted by molar-refractivity contribution is -0.137. The highest BCUT2D eigenvalue weighted by Gasteiger charge is 2.35. The molecule has 1 fully saturated rings. The van der Waals surface area contributed by atoms with E-state index in [1.54, 1.807) is 0 Å². The van der Waals surface area contributed by atoms with Crippen molar-refractivity contribution in [1.29, 1.82) is 0 Å². The molecule has 0 spiro atoms. The first kappa shape index (κ1) is 26.2. The highest BCUT2D eigenvalue weighted by Crippen LogP contribution is 2.38. The van der Waals surface area contributed by atoms with Crippen LogP contribution < -0.4 is 15.8 Å². The van der Waals surface area contributed by atoms with Gasteiger partial charge in [-0.05, 0) is 55.3 Å². The highest BCUT2D eigenvalue weighted by molar-refractivity contribution is 6.30. The van der Waals surface area contributed by atoms with Crippen LogP contribution in [0.2, 0.25) is 5.02 Å². The number of nitrogens with two attached hydrogens (primary N) is 1. The minimum absolute atomic E-state index is 0.0379. The summed E-state index contributed by atoms with van der Waals surface area (Å²) in [6.45, 7) is 0. The van der Waals surface area contributed by atoms with E-state index >= 15 is 4.39 Å². The van der Waals surface area contributed by atoms with E-state index in [2.05, 4.69) is 15.3 Å². The normalized spacial score (nSPS) is 13.3. The lowest BCUT2D eigenvalue weighted by Gasteiger charge is -2.16. The molecule has 0 aliphatic heterocycles. The Morgan fingerprint density at radius 2 is 1.87 bits per heavy atom. The van der Waals surface area contributed by atoms with Crippen LogP contribution in [0.3, 0.4) is 0 Å². The predicted molar refractivity (Wildman–Crippen MR) is 133 cm³/mol. The maximum Gasteiger partial charge on any atom is 0.418 e. The molecular weight excluding hydrogens is 542 g/mol. The quantitative estimate of drug-likeness (QED) is 0.270. The van der Waals surface area contributed by atoms with Crippen molar-refractivity contribution in [3.63, 3.8) is 0 Å². The number of anilines is 1. The van der Waals surface area contributed by atoms with Crippen molar-refractivity contribution in [3.05, 3.63) is 83.0 Å². The summed E-state index contributed by atoms with van der Waals surface area (Å²) < 4.78 is 63.1. The summed E-state index contributed by atoms with van der Waals surface area (Å²) in [5.74, 6) is -1.99. The molecule has 39 heavy (non-hydrogen) atoms. The van der Waals surface area contributed by atoms with Crippen LogP contribution in [0, 0.1) is 11.7 Å². The van der Waals surface area contributed by atoms with Crippen LogP contribution in [-0.2, 0) is 11.0 Å². The Bertz CT molecular complexity index is 1600. The maximum absolute atomic E-state index is 15.1. The molecule has 2 aromatic heterocycles. The minimum atomic E-state index is -4.79. The van der Waals surface area contributed by atoms with Gasteiger partial charge in [0.15, 0.2) is 11.6 Å². The Hall–Kier alpha value is -4.45. The molecule has 4 aromatic rings. The lowest BCUT2D eigenvalue weighted by Crippen LogP contribution is -2.14. The second-order valence-electron chi connectivity index (χ2n) is 8.73. The lowest BCUT2D eigenvalue weighted by atomic mass is 10.1. The van der Waals surface area contributed by atoms with E-state index in [9.17, 15) is 22.8 Å². The SMILES string of the molecule is NC(=O)c1cn(-c2ccc(Cl)cc2C(F)(F)F)c(-c2ccc(Oc3ccnc(NC(=O)C4CC4)c3)c(F)c2)n1. The number of pyridine rings is 1. The van der Waals surface area contributed by atoms with Gasteiger partial charge in [-0.1, -0.05) is 11.6 Å². The number of imidazole rings is 1. The van der Waals surface area contributed by atoms with Crippen LogP contribution in [0.5, 0.6) is 11.5 Å². The number of nitrogens with zero attached hydrogens (tertiary/aromatic N) is 3. The maximum atomic E-state index is 15.1. The molecule has 200 valence electrons. The van der Waals surface area contributed by atoms with E-state index in [0.29, 0.717) is 0 Å². The Kier molecular flexibility index (Phi) is 6.73. The van der Waals surface area contributed by atoms with Crippen LogP contribution in [-0.4, -0.2) is 26.3 Å². The van der Waals surface area contributed by atoms with Gasteiger partial charge in [-0.2, -0.15) is 13.2 Å². The third kappa shape index (κ3) is 5.70. The zero-order valence-corrected chi connectivity index (χ0v) is 20.6. The van der Waals surface area contributed by atoms with Crippen LogP contribution in [0.15, 0.2) is 60.9 Å². The number of amides is 2. The molecule has 0 saturated heterocycles. The number of carbonyl (C=O) groups excluding carboxylic acids is 2. The van der Waals surface area contributed by atoms with Gasteiger partial charge in [-0.15, -0.1) is 0 Å². The summed E-state index contributed by atoms with van der Waals surface area (Å²) in [5.41, 5.74) is 3.56. The zero-order valence-electron chi connectivity index (χ0n) is 19.8. The van der Waals surface area contributed by atoms with Gasteiger partial charge in [0.05, 0.1) is 11.3 Å². The van der Waals surface area contributed by atoms with E-state index < -0.39 is 23.5 Å². The fraction of sp³-hybridized carbons (Fsp3) is 0.154. The van der Waals surface area contributed by atoms with Gasteiger partial charge in [0, 0.05) is 35.0 Å². The van der Waals surface area contributed by atoms with E-state index in [4.69, 9.17) is 22.1 Å². The van der Waals surface area contributed by atoms with Gasteiger partial charge in [-0.3, -0.25) is 14.2 Å². The van der Waals surface area contributed by atoms with Gasteiger partial charge in [0.2, 0.25) is 5.91 Å². The fourth-order valence-electron chi connectivity index (χ4n) is 3.80. The van der Waals surface area contributed by atoms with Crippen LogP contribution >= 0.6 is 11.6 Å². The molecule has 0 atom stereocenters. The van der Waals surface area contributed by atoms with Crippen molar-refractivity contribution in [2.75, 3.05) is 5.32 Å². The second-order valence-corrected chi connectivity index (χ2v) is 9.17. The molecule has 5 rings (SSSR count). The minimum Gasteiger partial charge on any atom is -0.454 e. The number of aromatic nitrogens is 3. The molecule has 1 saturated carbocycles. The summed E-state index contributed by atoms with van der Waals surface area (Å²) in [4.78, 5) is 31.9. The van der Waals surface area contributed by atoms with Crippen molar-refractivity contribution in [1.82, 2.24) is 14.5 Å². The number of hydrogen-bond acceptors (Lipinski definition) is 5. The fourth-order valence-corrected chi connectivity index (χ4v) is 3.97. The molecule has 1 aliphatic rings. The first-order valence-corrected chi connectivity index (χ1v) is 11.9. The standard InChI is InChI=1S/C26H18ClF4N5O3/c27-15-4-5-20(17(10-15)26(29,30)31)36-12-19(23(32)37)34-24(36)14-3-6-21(18(28)9-14)39-16-7-8-33-22(11-16)35-25(38)13-1-2-13/h3-13H,1-2H2,(H2,32,37)(H,33,35,38). The molecule has 13 heteroatoms. The van der Waals surface area contributed by atoms with Crippen molar-refractivity contribution in [2.45, 2.75) is 19.0 Å². The molecule has 0 radical (unpaired) electrons. The number of benzene rings is 2. The van der Waals surface area contributed by atoms with Gasteiger partial charge in [-0.25, -0.2) is 14.4 Å². The molecule has 8 nitrogen and oxygen atoms in total. The Morgan fingerprint density at radius 3 is 2.54 bits per heavy atom. The Balaban J connectivity index is 1.48. The molecule has 3 N–H and O–H groups in total. The number of primary amides is 1. The van der Waals surface area contributed by atoms with Crippen molar-refractivity contribution < 1.29 is 31.9 Å². The molecule has 2 aromatic carbocycles. The van der Waals surface area contributed by atoms with E-state index in [0.717, 1.165) is 41.8 Å². The van der Waals surface area contributed by atoms with E-state index in [1.165, 1.54) is 36.5 Å². The average molecular weight is 560 g/mol. The molecular formula is C26H18ClF4N5O3. The first-order valence-electron chi connectivity index (χ1n) is 11.5. The predicted octanol–water partition coefficient (Wildman–Crippen LogP) is 5.99. The summed E-state index contributed by atoms with van der Waals surface area (Å²) in [5, 5.41) is 2.51. The third-order valence-corrected chi connectivity index (χ3v) is 6.07. The van der Waals surface area contributed by atoms with Crippen molar-refractivity contribution in [3.8, 4) is 28.6 Å². The van der Waals surface area contributed by atoms with Gasteiger partial charge >= 0.3 is 6.18 Å². The molecule has 1 aliphatic carbocycles. The van der Waals surface area contributed by atoms with Crippen molar-refractivity contribution >= 4 is 29.2 Å². The topological polar surface area (TPSA) is 112 Å². The number of alkyl halides is 3. The monoisotopic (exact) mass is 559 g/mol. The van der Waals surface area contributed by atoms with Crippen molar-refractivity contribution in [2.24, 2.45) is 11.7 Å². The third-order valence-electron chi connectivity index (χ3n) is 5.83. The van der Waals surface area contributed by atoms with Gasteiger partial charge in [0.25, 0.3) is 5.91 Å². The smallest absolute Gasteiger partial charge is 0.418 e. The van der Waals surface area contributed by atoms with Crippen LogP contribution in [0.25, 0.3) is 17.1 Å². The van der Waals surface area contributed by atoms with Gasteiger partial charge < -0.3 is 15.8 Å². The largest absolute Gasteiger partial charge is 0.454 e. The number of rotatable bonds is 7. The summed E-state index contributed by atoms with van der Waals surface area (Å²) >= 11 is 5.79. The number of carbonyl (C=O) groups is 2. The van der Waals surface area contributed by atoms with Gasteiger partial charge in [0.1, 0.15) is 23.1 Å². The Labute approximate surface area is 223 Å². The number of halogens is 5. The van der Waals surface area contributed by atoms with Crippen LogP contribution in [0.1, 0.15) is 28.9 Å². The van der Waals surface area contributed by atoms with Crippen LogP contribution in [0.4, 0.5) is 23.4 Å². The Morgan fingerprint density at radius 1 is 1.10 bits per heavy atom. The zero-order chi connectivity index (χ0) is 27.9. The molecule has 2 heterocycles. The second kappa shape index (κ2) is 10.0. The summed E-state index contributed by atoms with van der Waals surface area (Å²) in [7, 11) is 0. The van der Waals surface area contributed by atoms with E-state index in [-0.39, 0.29) is 56.9 Å². The number of nitrogens with one attached hydrogen (secondary N) is 1.